The summed E-state index contributed by atoms with van der Waals surface area (Å²) < 4.78 is 16.8. The Labute approximate surface area is 460 Å². The van der Waals surface area contributed by atoms with Gasteiger partial charge in [0.25, 0.3) is 0 Å². The van der Waals surface area contributed by atoms with Gasteiger partial charge in [-0.05, 0) is 57.8 Å². The van der Waals surface area contributed by atoms with E-state index in [0.717, 1.165) is 96.3 Å². The minimum absolute atomic E-state index is 0.0796. The van der Waals surface area contributed by atoms with Crippen LogP contribution in [-0.2, 0) is 28.6 Å². The van der Waals surface area contributed by atoms with Crippen molar-refractivity contribution in [1.82, 2.24) is 0 Å². The minimum atomic E-state index is -0.782. The van der Waals surface area contributed by atoms with Gasteiger partial charge < -0.3 is 14.2 Å². The van der Waals surface area contributed by atoms with Crippen LogP contribution >= 0.6 is 0 Å². The standard InChI is InChI=1S/C68H124O6/c1-4-7-10-13-16-18-20-22-24-26-27-28-29-30-31-32-33-34-35-36-37-38-39-40-42-43-45-47-49-52-55-58-61-67(70)73-64-65(63-72-66(69)60-57-54-51-15-12-9-6-3)74-68(71)62-59-56-53-50-48-46-44-41-25-23-21-19-17-14-11-8-5-2/h8,11,17,19,23,25,44,46,65H,4-7,9-10,12-16,18,20-22,24,26-43,45,47-64H2,1-3H3/b11-8-,19-17-,25-23-,46-44-. The lowest BCUT2D eigenvalue weighted by Crippen LogP contribution is -2.30. The maximum atomic E-state index is 12.8. The van der Waals surface area contributed by atoms with Gasteiger partial charge in [0.1, 0.15) is 13.2 Å². The fourth-order valence-electron chi connectivity index (χ4n) is 9.73. The Balaban J connectivity index is 3.99. The first-order chi connectivity index (χ1) is 36.5. The van der Waals surface area contributed by atoms with E-state index < -0.39 is 6.10 Å². The van der Waals surface area contributed by atoms with E-state index in [0.29, 0.717) is 19.3 Å². The van der Waals surface area contributed by atoms with Gasteiger partial charge in [0.15, 0.2) is 6.10 Å². The van der Waals surface area contributed by atoms with Crippen molar-refractivity contribution in [3.8, 4) is 0 Å². The molecule has 1 atom stereocenters. The summed E-state index contributed by atoms with van der Waals surface area (Å²) in [6, 6.07) is 0. The van der Waals surface area contributed by atoms with Crippen LogP contribution in [0.25, 0.3) is 0 Å². The lowest BCUT2D eigenvalue weighted by Gasteiger charge is -2.18. The molecule has 0 aromatic rings. The summed E-state index contributed by atoms with van der Waals surface area (Å²) in [5.41, 5.74) is 0. The highest BCUT2D eigenvalue weighted by atomic mass is 16.6. The molecule has 0 bridgehead atoms. The monoisotopic (exact) mass is 1040 g/mol. The van der Waals surface area contributed by atoms with Crippen molar-refractivity contribution in [2.75, 3.05) is 13.2 Å². The molecule has 0 radical (unpaired) electrons. The normalized spacial score (nSPS) is 12.3. The molecule has 0 aliphatic heterocycles. The number of hydrogen-bond donors (Lipinski definition) is 0. The van der Waals surface area contributed by atoms with E-state index in [-0.39, 0.29) is 31.1 Å². The van der Waals surface area contributed by atoms with Crippen LogP contribution < -0.4 is 0 Å². The van der Waals surface area contributed by atoms with Gasteiger partial charge >= 0.3 is 17.9 Å². The van der Waals surface area contributed by atoms with Gasteiger partial charge in [-0.3, -0.25) is 14.4 Å². The molecule has 1 unspecified atom stereocenters. The van der Waals surface area contributed by atoms with Crippen LogP contribution in [0, 0.1) is 0 Å². The van der Waals surface area contributed by atoms with Crippen molar-refractivity contribution < 1.29 is 28.6 Å². The Kier molecular flexibility index (Phi) is 60.7. The summed E-state index contributed by atoms with van der Waals surface area (Å²) in [4.78, 5) is 38.0. The largest absolute Gasteiger partial charge is 0.462 e. The van der Waals surface area contributed by atoms with Crippen molar-refractivity contribution in [3.63, 3.8) is 0 Å². The number of unbranched alkanes of at least 4 members (excludes halogenated alkanes) is 41. The molecule has 0 rings (SSSR count). The second-order valence-electron chi connectivity index (χ2n) is 22.0. The molecule has 0 N–H and O–H groups in total. The maximum absolute atomic E-state index is 12.8. The van der Waals surface area contributed by atoms with Crippen molar-refractivity contribution in [1.29, 1.82) is 0 Å². The number of carbonyl (C=O) groups is 3. The summed E-state index contributed by atoms with van der Waals surface area (Å²) >= 11 is 0. The van der Waals surface area contributed by atoms with Crippen LogP contribution in [0.15, 0.2) is 48.6 Å². The van der Waals surface area contributed by atoms with Crippen molar-refractivity contribution in [3.05, 3.63) is 48.6 Å². The molecule has 0 aromatic heterocycles. The summed E-state index contributed by atoms with van der Waals surface area (Å²) in [6.45, 7) is 6.51. The van der Waals surface area contributed by atoms with E-state index in [1.54, 1.807) is 0 Å². The average molecular weight is 1040 g/mol. The highest BCUT2D eigenvalue weighted by Gasteiger charge is 2.19. The highest BCUT2D eigenvalue weighted by molar-refractivity contribution is 5.71. The van der Waals surface area contributed by atoms with E-state index in [1.165, 1.54) is 212 Å². The van der Waals surface area contributed by atoms with Gasteiger partial charge in [0, 0.05) is 19.3 Å². The van der Waals surface area contributed by atoms with E-state index in [9.17, 15) is 14.4 Å². The zero-order valence-electron chi connectivity index (χ0n) is 49.6. The molecule has 0 fully saturated rings. The van der Waals surface area contributed by atoms with Crippen LogP contribution in [0.1, 0.15) is 348 Å². The Morgan fingerprint density at radius 2 is 0.527 bits per heavy atom. The minimum Gasteiger partial charge on any atom is -0.462 e. The molecule has 0 aliphatic rings. The molecule has 0 heterocycles. The Bertz CT molecular complexity index is 1280. The molecule has 0 spiro atoms. The third-order valence-corrected chi connectivity index (χ3v) is 14.6. The smallest absolute Gasteiger partial charge is 0.306 e. The second-order valence-corrected chi connectivity index (χ2v) is 22.0. The van der Waals surface area contributed by atoms with Crippen LogP contribution in [0.5, 0.6) is 0 Å². The molecule has 6 nitrogen and oxygen atoms in total. The van der Waals surface area contributed by atoms with Crippen molar-refractivity contribution in [2.24, 2.45) is 0 Å². The van der Waals surface area contributed by atoms with E-state index in [4.69, 9.17) is 14.2 Å². The van der Waals surface area contributed by atoms with E-state index >= 15 is 0 Å². The maximum Gasteiger partial charge on any atom is 0.306 e. The molecule has 0 saturated heterocycles. The van der Waals surface area contributed by atoms with Gasteiger partial charge in [-0.25, -0.2) is 0 Å². The molecule has 0 amide bonds. The molecule has 0 saturated carbocycles. The van der Waals surface area contributed by atoms with Gasteiger partial charge in [-0.15, -0.1) is 0 Å². The summed E-state index contributed by atoms with van der Waals surface area (Å²) in [7, 11) is 0. The van der Waals surface area contributed by atoms with Crippen LogP contribution in [-0.4, -0.2) is 37.2 Å². The highest BCUT2D eigenvalue weighted by Crippen LogP contribution is 2.18. The average Bonchev–Trinajstić information content (AvgIpc) is 3.40. The fourth-order valence-corrected chi connectivity index (χ4v) is 9.73. The number of hydrogen-bond acceptors (Lipinski definition) is 6. The first-order valence-electron chi connectivity index (χ1n) is 32.6. The molecule has 0 aromatic carbocycles. The first-order valence-corrected chi connectivity index (χ1v) is 32.6. The zero-order valence-corrected chi connectivity index (χ0v) is 49.6. The molecular weight excluding hydrogens is 913 g/mol. The van der Waals surface area contributed by atoms with Crippen LogP contribution in [0.2, 0.25) is 0 Å². The molecular formula is C68H124O6. The molecule has 6 heteroatoms. The fraction of sp³-hybridized carbons (Fsp3) is 0.838. The summed E-state index contributed by atoms with van der Waals surface area (Å²) in [5.74, 6) is -0.894. The first kappa shape index (κ1) is 71.4. The van der Waals surface area contributed by atoms with Crippen molar-refractivity contribution >= 4 is 17.9 Å². The zero-order chi connectivity index (χ0) is 53.6. The van der Waals surface area contributed by atoms with Crippen LogP contribution in [0.4, 0.5) is 0 Å². The number of esters is 3. The third-order valence-electron chi connectivity index (χ3n) is 14.6. The predicted molar refractivity (Wildman–Crippen MR) is 321 cm³/mol. The van der Waals surface area contributed by atoms with E-state index in [2.05, 4.69) is 69.4 Å². The van der Waals surface area contributed by atoms with Crippen LogP contribution in [0.3, 0.4) is 0 Å². The summed E-state index contributed by atoms with van der Waals surface area (Å²) in [6.07, 6.45) is 78.9. The number of carbonyl (C=O) groups excluding carboxylic acids is 3. The number of rotatable bonds is 60. The van der Waals surface area contributed by atoms with Gasteiger partial charge in [-0.1, -0.05) is 320 Å². The Morgan fingerprint density at radius 3 is 0.824 bits per heavy atom. The molecule has 0 aliphatic carbocycles. The Hall–Kier alpha value is -2.63. The third kappa shape index (κ3) is 60.2. The predicted octanol–water partition coefficient (Wildman–Crippen LogP) is 22.2. The number of allylic oxidation sites excluding steroid dienone is 8. The van der Waals surface area contributed by atoms with Crippen molar-refractivity contribution in [2.45, 2.75) is 354 Å². The Morgan fingerprint density at radius 1 is 0.284 bits per heavy atom. The molecule has 432 valence electrons. The SMILES string of the molecule is CC/C=C\C/C=C\C/C=C\C/C=C\CCCCCCC(=O)OC(COC(=O)CCCCCCCCC)COC(=O)CCCCCCCCCCCCCCCCCCCCCCCCCCCCCCCCCC. The number of ether oxygens (including phenoxy) is 3. The van der Waals surface area contributed by atoms with Gasteiger partial charge in [-0.2, -0.15) is 0 Å². The quantitative estimate of drug-likeness (QED) is 0.0261. The topological polar surface area (TPSA) is 78.9 Å². The van der Waals surface area contributed by atoms with Gasteiger partial charge in [0.2, 0.25) is 0 Å². The van der Waals surface area contributed by atoms with Gasteiger partial charge in [0.05, 0.1) is 0 Å². The summed E-state index contributed by atoms with van der Waals surface area (Å²) in [5, 5.41) is 0. The lowest BCUT2D eigenvalue weighted by atomic mass is 10.0. The molecule has 74 heavy (non-hydrogen) atoms. The second kappa shape index (κ2) is 62.9. The van der Waals surface area contributed by atoms with E-state index in [1.807, 2.05) is 0 Å². The lowest BCUT2D eigenvalue weighted by molar-refractivity contribution is -0.167.